The van der Waals surface area contributed by atoms with Crippen LogP contribution in [0.4, 0.5) is 13.2 Å². The van der Waals surface area contributed by atoms with Crippen LogP contribution in [0.5, 0.6) is 0 Å². The lowest BCUT2D eigenvalue weighted by Gasteiger charge is -2.08. The molecule has 5 heteroatoms. The molecule has 0 bridgehead atoms. The molecule has 13 heavy (non-hydrogen) atoms. The van der Waals surface area contributed by atoms with Crippen molar-refractivity contribution in [2.75, 3.05) is 0 Å². The molecular weight excluding hydrogens is 294 g/mol. The van der Waals surface area contributed by atoms with Gasteiger partial charge in [-0.1, -0.05) is 6.92 Å². The summed E-state index contributed by atoms with van der Waals surface area (Å²) in [6, 6.07) is 2.48. The van der Waals surface area contributed by atoms with Crippen LogP contribution in [0, 0.1) is 3.70 Å². The van der Waals surface area contributed by atoms with E-state index in [2.05, 4.69) is 4.98 Å². The van der Waals surface area contributed by atoms with Gasteiger partial charge in [-0.2, -0.15) is 13.2 Å². The predicted molar refractivity (Wildman–Crippen MR) is 51.3 cm³/mol. The van der Waals surface area contributed by atoms with Crippen molar-refractivity contribution < 1.29 is 13.2 Å². The highest BCUT2D eigenvalue weighted by atomic mass is 127. The van der Waals surface area contributed by atoms with Crippen molar-refractivity contribution in [2.45, 2.75) is 19.5 Å². The summed E-state index contributed by atoms with van der Waals surface area (Å²) in [5, 5.41) is 0. The van der Waals surface area contributed by atoms with E-state index < -0.39 is 11.7 Å². The molecule has 72 valence electrons. The number of hydrogen-bond acceptors (Lipinski definition) is 1. The first-order chi connectivity index (χ1) is 5.95. The normalized spacial score (nSPS) is 11.8. The van der Waals surface area contributed by atoms with Gasteiger partial charge in [-0.3, -0.25) is 0 Å². The number of hydrogen-bond donors (Lipinski definition) is 0. The Kier molecular flexibility index (Phi) is 3.15. The van der Waals surface area contributed by atoms with Crippen molar-refractivity contribution in [1.82, 2.24) is 4.98 Å². The average molecular weight is 301 g/mol. The van der Waals surface area contributed by atoms with E-state index in [9.17, 15) is 13.2 Å². The molecule has 1 aromatic heterocycles. The molecule has 1 heterocycles. The van der Waals surface area contributed by atoms with Crippen LogP contribution in [0.2, 0.25) is 0 Å². The number of alkyl halides is 3. The molecular formula is C8H7F3IN. The number of nitrogens with zero attached hydrogens (tertiary/aromatic N) is 1. The number of aromatic nitrogens is 1. The monoisotopic (exact) mass is 301 g/mol. The van der Waals surface area contributed by atoms with Crippen molar-refractivity contribution in [3.63, 3.8) is 0 Å². The molecule has 0 aliphatic heterocycles. The third-order valence-electron chi connectivity index (χ3n) is 1.57. The highest BCUT2D eigenvalue weighted by molar-refractivity contribution is 14.1. The summed E-state index contributed by atoms with van der Waals surface area (Å²) in [5.74, 6) is 0. The van der Waals surface area contributed by atoms with E-state index in [1.165, 1.54) is 6.07 Å². The molecule has 1 aromatic rings. The maximum atomic E-state index is 12.2. The lowest BCUT2D eigenvalue weighted by molar-refractivity contribution is -0.138. The summed E-state index contributed by atoms with van der Waals surface area (Å²) < 4.78 is 36.7. The molecule has 1 rings (SSSR count). The van der Waals surface area contributed by atoms with Crippen LogP contribution >= 0.6 is 22.6 Å². The summed E-state index contributed by atoms with van der Waals surface area (Å²) in [6.07, 6.45) is -3.65. The molecule has 0 saturated carbocycles. The fourth-order valence-corrected chi connectivity index (χ4v) is 1.68. The van der Waals surface area contributed by atoms with Crippen LogP contribution in [-0.2, 0) is 12.6 Å². The first-order valence-corrected chi connectivity index (χ1v) is 4.75. The van der Waals surface area contributed by atoms with Crippen LogP contribution in [-0.4, -0.2) is 4.98 Å². The first-order valence-electron chi connectivity index (χ1n) is 3.67. The van der Waals surface area contributed by atoms with Gasteiger partial charge >= 0.3 is 6.18 Å². The molecule has 0 fully saturated rings. The Morgan fingerprint density at radius 2 is 2.00 bits per heavy atom. The van der Waals surface area contributed by atoms with E-state index in [0.29, 0.717) is 12.1 Å². The van der Waals surface area contributed by atoms with Crippen molar-refractivity contribution in [3.8, 4) is 0 Å². The SMILES string of the molecule is CCc1ccc(C(F)(F)F)c(I)n1. The van der Waals surface area contributed by atoms with Crippen LogP contribution < -0.4 is 0 Å². The fourth-order valence-electron chi connectivity index (χ4n) is 0.880. The maximum absolute atomic E-state index is 12.2. The van der Waals surface area contributed by atoms with E-state index >= 15 is 0 Å². The Balaban J connectivity index is 3.13. The van der Waals surface area contributed by atoms with E-state index in [1.807, 2.05) is 6.92 Å². The van der Waals surface area contributed by atoms with Gasteiger partial charge in [0.25, 0.3) is 0 Å². The second kappa shape index (κ2) is 3.81. The quantitative estimate of drug-likeness (QED) is 0.573. The summed E-state index contributed by atoms with van der Waals surface area (Å²) in [5.41, 5.74) is 0.0164. The van der Waals surface area contributed by atoms with E-state index in [0.717, 1.165) is 6.07 Å². The molecule has 0 N–H and O–H groups in total. The second-order valence-corrected chi connectivity index (χ2v) is 3.51. The van der Waals surface area contributed by atoms with Crippen LogP contribution in [0.25, 0.3) is 0 Å². The van der Waals surface area contributed by atoms with Gasteiger partial charge < -0.3 is 0 Å². The minimum absolute atomic E-state index is 0.0180. The Morgan fingerprint density at radius 1 is 1.38 bits per heavy atom. The van der Waals surface area contributed by atoms with Crippen molar-refractivity contribution in [3.05, 3.63) is 27.1 Å². The van der Waals surface area contributed by atoms with Crippen LogP contribution in [0.1, 0.15) is 18.2 Å². The Morgan fingerprint density at radius 3 is 2.38 bits per heavy atom. The molecule has 0 unspecified atom stereocenters. The summed E-state index contributed by atoms with van der Waals surface area (Å²) in [6.45, 7) is 1.85. The molecule has 0 aromatic carbocycles. The Hall–Kier alpha value is -0.330. The molecule has 0 radical (unpaired) electrons. The summed E-state index contributed by atoms with van der Waals surface area (Å²) >= 11 is 1.60. The van der Waals surface area contributed by atoms with Gasteiger partial charge in [-0.25, -0.2) is 4.98 Å². The van der Waals surface area contributed by atoms with Crippen LogP contribution in [0.15, 0.2) is 12.1 Å². The number of aryl methyl sites for hydroxylation is 1. The van der Waals surface area contributed by atoms with Crippen molar-refractivity contribution in [2.24, 2.45) is 0 Å². The van der Waals surface area contributed by atoms with E-state index in [-0.39, 0.29) is 3.70 Å². The number of pyridine rings is 1. The van der Waals surface area contributed by atoms with Gasteiger partial charge in [0.15, 0.2) is 0 Å². The zero-order valence-electron chi connectivity index (χ0n) is 6.82. The standard InChI is InChI=1S/C8H7F3IN/c1-2-5-3-4-6(7(12)13-5)8(9,10)11/h3-4H,2H2,1H3. The Labute approximate surface area is 87.5 Å². The lowest BCUT2D eigenvalue weighted by Crippen LogP contribution is -2.09. The largest absolute Gasteiger partial charge is 0.418 e. The van der Waals surface area contributed by atoms with Crippen LogP contribution in [0.3, 0.4) is 0 Å². The van der Waals surface area contributed by atoms with Gasteiger partial charge in [0, 0.05) is 5.69 Å². The molecule has 1 nitrogen and oxygen atoms in total. The summed E-state index contributed by atoms with van der Waals surface area (Å²) in [4.78, 5) is 3.82. The highest BCUT2D eigenvalue weighted by Crippen LogP contribution is 2.31. The van der Waals surface area contributed by atoms with Gasteiger partial charge in [0.05, 0.1) is 5.56 Å². The molecule has 0 amide bonds. The number of halogens is 4. The zero-order chi connectivity index (χ0) is 10.1. The van der Waals surface area contributed by atoms with E-state index in [1.54, 1.807) is 22.6 Å². The fraction of sp³-hybridized carbons (Fsp3) is 0.375. The molecule has 0 saturated heterocycles. The highest BCUT2D eigenvalue weighted by Gasteiger charge is 2.33. The summed E-state index contributed by atoms with van der Waals surface area (Å²) in [7, 11) is 0. The first kappa shape index (κ1) is 10.7. The smallest absolute Gasteiger partial charge is 0.246 e. The average Bonchev–Trinajstić information content (AvgIpc) is 2.01. The van der Waals surface area contributed by atoms with Gasteiger partial charge in [-0.05, 0) is 41.1 Å². The molecule has 0 aliphatic rings. The predicted octanol–water partition coefficient (Wildman–Crippen LogP) is 3.27. The topological polar surface area (TPSA) is 12.9 Å². The van der Waals surface area contributed by atoms with Gasteiger partial charge in [0.1, 0.15) is 3.70 Å². The van der Waals surface area contributed by atoms with Crippen molar-refractivity contribution >= 4 is 22.6 Å². The van der Waals surface area contributed by atoms with Crippen molar-refractivity contribution in [1.29, 1.82) is 0 Å². The lowest BCUT2D eigenvalue weighted by atomic mass is 10.2. The Bertz CT molecular complexity index is 309. The second-order valence-electron chi connectivity index (χ2n) is 2.49. The third kappa shape index (κ3) is 2.55. The molecule has 0 spiro atoms. The number of rotatable bonds is 1. The maximum Gasteiger partial charge on any atom is 0.418 e. The zero-order valence-corrected chi connectivity index (χ0v) is 8.98. The van der Waals surface area contributed by atoms with Gasteiger partial charge in [-0.15, -0.1) is 0 Å². The minimum atomic E-state index is -4.30. The van der Waals surface area contributed by atoms with E-state index in [4.69, 9.17) is 0 Å². The molecule has 0 atom stereocenters. The van der Waals surface area contributed by atoms with Gasteiger partial charge in [0.2, 0.25) is 0 Å². The third-order valence-corrected chi connectivity index (χ3v) is 2.40. The molecule has 0 aliphatic carbocycles. The minimum Gasteiger partial charge on any atom is -0.246 e.